The highest BCUT2D eigenvalue weighted by atomic mass is 16.1. The summed E-state index contributed by atoms with van der Waals surface area (Å²) in [6, 6.07) is 2.08. The molecule has 0 aliphatic rings. The van der Waals surface area contributed by atoms with Gasteiger partial charge in [0, 0.05) is 44.8 Å². The van der Waals surface area contributed by atoms with E-state index in [2.05, 4.69) is 39.0 Å². The lowest BCUT2D eigenvalue weighted by Gasteiger charge is -2.11. The number of nitrogens with zero attached hydrogens (tertiary/aromatic N) is 3. The lowest BCUT2D eigenvalue weighted by Crippen LogP contribution is -2.39. The third-order valence-electron chi connectivity index (χ3n) is 3.46. The molecule has 1 heterocycles. The number of aryl methyl sites for hydroxylation is 3. The maximum atomic E-state index is 11.6. The van der Waals surface area contributed by atoms with Crippen molar-refractivity contribution in [2.75, 3.05) is 26.2 Å². The van der Waals surface area contributed by atoms with E-state index in [9.17, 15) is 4.79 Å². The molecular formula is C17H32N6O. The number of carbonyl (C=O) groups excluding carboxylic acids is 1. The summed E-state index contributed by atoms with van der Waals surface area (Å²) < 4.78 is 2.02. The van der Waals surface area contributed by atoms with Crippen LogP contribution in [-0.4, -0.2) is 47.8 Å². The molecule has 0 aliphatic carbocycles. The highest BCUT2D eigenvalue weighted by Gasteiger charge is 2.02. The van der Waals surface area contributed by atoms with Gasteiger partial charge in [0.2, 0.25) is 5.91 Å². The molecule has 0 aromatic carbocycles. The summed E-state index contributed by atoms with van der Waals surface area (Å²) in [6.45, 7) is 11.8. The molecule has 24 heavy (non-hydrogen) atoms. The van der Waals surface area contributed by atoms with Crippen LogP contribution >= 0.6 is 0 Å². The third-order valence-corrected chi connectivity index (χ3v) is 3.46. The first-order valence-electron chi connectivity index (χ1n) is 8.86. The molecule has 0 radical (unpaired) electrons. The molecule has 0 saturated heterocycles. The molecule has 0 spiro atoms. The predicted molar refractivity (Wildman–Crippen MR) is 98.2 cm³/mol. The van der Waals surface area contributed by atoms with E-state index in [-0.39, 0.29) is 5.91 Å². The standard InChI is InChI=1S/C17H32N6O/c1-5-9-19-16(24)8-11-21-17(18-6-2)20-10-7-12-23-15(4)13-14(3)22-23/h13H,5-12H2,1-4H3,(H,19,24)(H2,18,20,21). The normalized spacial score (nSPS) is 11.4. The molecule has 0 bridgehead atoms. The second kappa shape index (κ2) is 11.5. The SMILES string of the molecule is CCCNC(=O)CCNC(=NCCCn1nc(C)cc1C)NCC. The van der Waals surface area contributed by atoms with Crippen LogP contribution in [0, 0.1) is 13.8 Å². The second-order valence-corrected chi connectivity index (χ2v) is 5.79. The Kier molecular flexibility index (Phi) is 9.56. The first-order chi connectivity index (χ1) is 11.6. The van der Waals surface area contributed by atoms with Gasteiger partial charge in [-0.3, -0.25) is 14.5 Å². The van der Waals surface area contributed by atoms with Gasteiger partial charge in [0.15, 0.2) is 5.96 Å². The van der Waals surface area contributed by atoms with Crippen molar-refractivity contribution in [3.63, 3.8) is 0 Å². The van der Waals surface area contributed by atoms with Gasteiger partial charge in [-0.05, 0) is 39.7 Å². The fourth-order valence-electron chi connectivity index (χ4n) is 2.30. The van der Waals surface area contributed by atoms with Crippen LogP contribution in [0.2, 0.25) is 0 Å². The van der Waals surface area contributed by atoms with Crippen molar-refractivity contribution in [1.82, 2.24) is 25.7 Å². The van der Waals surface area contributed by atoms with Crippen molar-refractivity contribution in [2.45, 2.75) is 53.5 Å². The van der Waals surface area contributed by atoms with E-state index in [1.54, 1.807) is 0 Å². The number of hydrogen-bond donors (Lipinski definition) is 3. The van der Waals surface area contributed by atoms with Crippen LogP contribution in [0.1, 0.15) is 44.5 Å². The fraction of sp³-hybridized carbons (Fsp3) is 0.706. The average Bonchev–Trinajstić information content (AvgIpc) is 2.87. The minimum Gasteiger partial charge on any atom is -0.357 e. The van der Waals surface area contributed by atoms with E-state index in [1.807, 2.05) is 25.5 Å². The Balaban J connectivity index is 2.31. The summed E-state index contributed by atoms with van der Waals surface area (Å²) in [4.78, 5) is 16.1. The van der Waals surface area contributed by atoms with E-state index < -0.39 is 0 Å². The topological polar surface area (TPSA) is 83.3 Å². The number of rotatable bonds is 10. The summed E-state index contributed by atoms with van der Waals surface area (Å²) in [5.74, 6) is 0.832. The van der Waals surface area contributed by atoms with Crippen LogP contribution in [0.25, 0.3) is 0 Å². The summed E-state index contributed by atoms with van der Waals surface area (Å²) in [5, 5.41) is 13.7. The Morgan fingerprint density at radius 3 is 2.62 bits per heavy atom. The minimum absolute atomic E-state index is 0.0738. The van der Waals surface area contributed by atoms with Crippen LogP contribution in [0.5, 0.6) is 0 Å². The molecule has 0 saturated carbocycles. The van der Waals surface area contributed by atoms with Crippen molar-refractivity contribution < 1.29 is 4.79 Å². The molecule has 1 rings (SSSR count). The van der Waals surface area contributed by atoms with Crippen molar-refractivity contribution in [1.29, 1.82) is 0 Å². The number of aromatic nitrogens is 2. The highest BCUT2D eigenvalue weighted by Crippen LogP contribution is 2.02. The van der Waals surface area contributed by atoms with Gasteiger partial charge in [0.1, 0.15) is 0 Å². The second-order valence-electron chi connectivity index (χ2n) is 5.79. The Morgan fingerprint density at radius 1 is 1.21 bits per heavy atom. The smallest absolute Gasteiger partial charge is 0.221 e. The van der Waals surface area contributed by atoms with Crippen LogP contribution in [0.4, 0.5) is 0 Å². The van der Waals surface area contributed by atoms with Crippen LogP contribution in [0.3, 0.4) is 0 Å². The van der Waals surface area contributed by atoms with E-state index >= 15 is 0 Å². The number of carbonyl (C=O) groups is 1. The Morgan fingerprint density at radius 2 is 2.00 bits per heavy atom. The maximum absolute atomic E-state index is 11.6. The molecule has 1 amide bonds. The highest BCUT2D eigenvalue weighted by molar-refractivity contribution is 5.81. The summed E-state index contributed by atoms with van der Waals surface area (Å²) in [7, 11) is 0. The molecule has 136 valence electrons. The summed E-state index contributed by atoms with van der Waals surface area (Å²) in [5.41, 5.74) is 2.23. The molecule has 7 heteroatoms. The van der Waals surface area contributed by atoms with Gasteiger partial charge in [0.25, 0.3) is 0 Å². The molecule has 0 unspecified atom stereocenters. The molecule has 0 fully saturated rings. The zero-order valence-corrected chi connectivity index (χ0v) is 15.5. The Hall–Kier alpha value is -2.05. The lowest BCUT2D eigenvalue weighted by atomic mass is 10.3. The predicted octanol–water partition coefficient (Wildman–Crippen LogP) is 1.36. The number of hydrogen-bond acceptors (Lipinski definition) is 3. The molecule has 0 aliphatic heterocycles. The van der Waals surface area contributed by atoms with Crippen LogP contribution in [0.15, 0.2) is 11.1 Å². The molecule has 1 aromatic rings. The van der Waals surface area contributed by atoms with E-state index in [0.717, 1.165) is 50.7 Å². The van der Waals surface area contributed by atoms with Gasteiger partial charge in [0.05, 0.1) is 5.69 Å². The molecular weight excluding hydrogens is 304 g/mol. The average molecular weight is 336 g/mol. The van der Waals surface area contributed by atoms with Crippen molar-refractivity contribution in [3.8, 4) is 0 Å². The number of aliphatic imine (C=N–C) groups is 1. The zero-order chi connectivity index (χ0) is 17.8. The summed E-state index contributed by atoms with van der Waals surface area (Å²) in [6.07, 6.45) is 2.34. The Bertz CT molecular complexity index is 523. The summed E-state index contributed by atoms with van der Waals surface area (Å²) >= 11 is 0. The van der Waals surface area contributed by atoms with Crippen LogP contribution < -0.4 is 16.0 Å². The monoisotopic (exact) mass is 336 g/mol. The first-order valence-corrected chi connectivity index (χ1v) is 8.86. The largest absolute Gasteiger partial charge is 0.357 e. The molecule has 0 atom stereocenters. The fourth-order valence-corrected chi connectivity index (χ4v) is 2.30. The van der Waals surface area contributed by atoms with Gasteiger partial charge in [-0.1, -0.05) is 6.92 Å². The van der Waals surface area contributed by atoms with Gasteiger partial charge >= 0.3 is 0 Å². The van der Waals surface area contributed by atoms with Crippen LogP contribution in [-0.2, 0) is 11.3 Å². The molecule has 3 N–H and O–H groups in total. The van der Waals surface area contributed by atoms with Gasteiger partial charge < -0.3 is 16.0 Å². The number of amides is 1. The first kappa shape index (κ1) is 20.0. The van der Waals surface area contributed by atoms with Gasteiger partial charge in [-0.25, -0.2) is 0 Å². The maximum Gasteiger partial charge on any atom is 0.221 e. The van der Waals surface area contributed by atoms with E-state index in [1.165, 1.54) is 5.69 Å². The van der Waals surface area contributed by atoms with Gasteiger partial charge in [-0.15, -0.1) is 0 Å². The zero-order valence-electron chi connectivity index (χ0n) is 15.5. The molecule has 1 aromatic heterocycles. The van der Waals surface area contributed by atoms with E-state index in [0.29, 0.717) is 13.0 Å². The van der Waals surface area contributed by atoms with Crippen molar-refractivity contribution in [2.24, 2.45) is 4.99 Å². The quantitative estimate of drug-likeness (QED) is 0.342. The Labute approximate surface area is 145 Å². The lowest BCUT2D eigenvalue weighted by molar-refractivity contribution is -0.120. The number of guanidine groups is 1. The minimum atomic E-state index is 0.0738. The molecule has 7 nitrogen and oxygen atoms in total. The van der Waals surface area contributed by atoms with Gasteiger partial charge in [-0.2, -0.15) is 5.10 Å². The number of nitrogens with one attached hydrogen (secondary N) is 3. The van der Waals surface area contributed by atoms with E-state index in [4.69, 9.17) is 0 Å². The van der Waals surface area contributed by atoms with Crippen molar-refractivity contribution in [3.05, 3.63) is 17.5 Å². The van der Waals surface area contributed by atoms with Crippen molar-refractivity contribution >= 4 is 11.9 Å². The third kappa shape index (κ3) is 7.99.